The topological polar surface area (TPSA) is 646 Å². The Labute approximate surface area is 781 Å². The summed E-state index contributed by atoms with van der Waals surface area (Å²) in [6.45, 7) is 7.61. The number of rotatable bonds is 36. The van der Waals surface area contributed by atoms with Crippen molar-refractivity contribution in [3.8, 4) is 23.0 Å². The smallest absolute Gasteiger partial charge is 0.243 e. The van der Waals surface area contributed by atoms with E-state index in [1.807, 2.05) is 27.7 Å². The highest BCUT2D eigenvalue weighted by Gasteiger charge is 2.49. The van der Waals surface area contributed by atoms with E-state index in [4.69, 9.17) is 86.8 Å². The van der Waals surface area contributed by atoms with E-state index in [0.29, 0.717) is 93.2 Å². The number of ether oxygens (including phenoxy) is 8. The number of carbonyl (C=O) groups excluding carboxylic acids is 8. The molecule has 4 aromatic carbocycles. The Balaban J connectivity index is 1.20. The molecule has 4 saturated heterocycles. The average molecular weight is 1930 g/mol. The fourth-order valence-electron chi connectivity index (χ4n) is 15.5. The predicted octanol–water partition coefficient (Wildman–Crippen LogP) is -5.10. The van der Waals surface area contributed by atoms with E-state index >= 15 is 0 Å². The van der Waals surface area contributed by atoms with Crippen molar-refractivity contribution in [1.29, 1.82) is 0 Å². The van der Waals surface area contributed by atoms with Gasteiger partial charge >= 0.3 is 0 Å². The van der Waals surface area contributed by atoms with Gasteiger partial charge in [0.15, 0.2) is 45.4 Å². The molecular weight excluding hydrogens is 1810 g/mol. The van der Waals surface area contributed by atoms with Crippen molar-refractivity contribution < 1.29 is 138 Å². The van der Waals surface area contributed by atoms with Gasteiger partial charge < -0.3 is 184 Å². The van der Waals surface area contributed by atoms with Crippen LogP contribution in [0.15, 0.2) is 48.5 Å². The van der Waals surface area contributed by atoms with Crippen molar-refractivity contribution >= 4 is 139 Å². The maximum atomic E-state index is 14.7. The molecule has 8 bridgehead atoms. The molecule has 8 amide bonds. The molecule has 20 atom stereocenters. The van der Waals surface area contributed by atoms with Gasteiger partial charge in [0, 0.05) is 121 Å². The summed E-state index contributed by atoms with van der Waals surface area (Å²) in [6, 6.07) is 8.17. The molecular formula is C84H120N16O28S4. The second-order valence-electron chi connectivity index (χ2n) is 32.0. The summed E-state index contributed by atoms with van der Waals surface area (Å²) in [5, 5.41) is 171. The number of carbonyl (C=O) groups is 8. The molecule has 0 unspecified atom stereocenters. The number of aliphatic hydroxyl groups is 12. The van der Waals surface area contributed by atoms with E-state index in [1.165, 1.54) is 27.7 Å². The van der Waals surface area contributed by atoms with Gasteiger partial charge in [0.2, 0.25) is 47.3 Å². The second kappa shape index (κ2) is 50.3. The number of nitrogens with one attached hydrogen (secondary N) is 16. The number of benzene rings is 4. The zero-order valence-corrected chi connectivity index (χ0v) is 77.1. The summed E-state index contributed by atoms with van der Waals surface area (Å²) in [5.41, 5.74) is 3.97. The van der Waals surface area contributed by atoms with E-state index in [9.17, 15) is 99.6 Å². The number of hydrogen-bond donors (Lipinski definition) is 28. The minimum absolute atomic E-state index is 0.111. The van der Waals surface area contributed by atoms with Crippen LogP contribution in [0.25, 0.3) is 0 Å². The molecule has 4 fully saturated rings. The molecule has 4 heterocycles. The highest BCUT2D eigenvalue weighted by molar-refractivity contribution is 7.80. The molecule has 48 heteroatoms. The predicted molar refractivity (Wildman–Crippen MR) is 491 cm³/mol. The van der Waals surface area contributed by atoms with E-state index in [0.717, 1.165) is 0 Å². The monoisotopic (exact) mass is 1930 g/mol. The molecule has 5 aliphatic rings. The van der Waals surface area contributed by atoms with Gasteiger partial charge in [-0.25, -0.2) is 0 Å². The van der Waals surface area contributed by atoms with Gasteiger partial charge in [0.05, 0.1) is 79.0 Å². The molecule has 0 spiro atoms. The maximum Gasteiger partial charge on any atom is 0.243 e. The van der Waals surface area contributed by atoms with E-state index in [-0.39, 0.29) is 95.3 Å². The molecule has 1 aliphatic carbocycles. The minimum Gasteiger partial charge on any atom is -0.493 e. The maximum absolute atomic E-state index is 14.7. The van der Waals surface area contributed by atoms with Crippen LogP contribution in [0.4, 0.5) is 22.7 Å². The summed E-state index contributed by atoms with van der Waals surface area (Å²) >= 11 is 22.5. The molecule has 28 N–H and O–H groups in total. The van der Waals surface area contributed by atoms with E-state index in [2.05, 4.69) is 85.1 Å². The Kier molecular flexibility index (Phi) is 40.3. The number of amides is 8. The Morgan fingerprint density at radius 3 is 0.629 bits per heavy atom. The van der Waals surface area contributed by atoms with Gasteiger partial charge in [-0.3, -0.25) is 38.4 Å². The van der Waals surface area contributed by atoms with Gasteiger partial charge in [0.25, 0.3) is 0 Å². The third-order valence-electron chi connectivity index (χ3n) is 21.3. The molecule has 4 aromatic rings. The standard InChI is InChI=1S/C84H120N16O28S4/c1-9-13-121-73-41-17-43-23-50(94-58(110)30-86-82(130)98-78-62(90-38(6)106)70(118)66(114)54(34-102)126-78)25-45(74(43)122-14-10-2)19-47-27-52(96-60(112)32-88-84(132)100-80-64(92-40(8)108)72(120)68(116)56(36-104)128-80)28-48(76(47)124-16-12-4)20-46-26-51(95-59(111)31-87-83(131)99-79-63(91-39(7)107)71(119)67(115)55(35-103)127-79)24-44(75(46)123-15-11-3)18-42(73)22-49(21-41)93-57(109)29-85-81(129)97-77-61(89-37(5)105)69(117)65(113)53(33-101)125-77/h21-28,53-56,61-72,77-80,101-104,113-120H,9-20,29-36H2,1-8H3,(H,89,105)(H,90,106)(H,91,107)(H,92,108)(H,93,109)(H,94,110)(H,95,111)(H,96,112)(H2,85,97,129)(H2,86,98,130)(H2,87,99,131)(H2,88,100,132)/t53-,54-,55-,56-,61-,62-,63-,64-,65-,66-,67-,68-,69-,70-,71-,72-,77-,78-,79-,80-/m1/s1. The first-order valence-corrected chi connectivity index (χ1v) is 44.6. The molecule has 9 rings (SSSR count). The fourth-order valence-corrected chi connectivity index (χ4v) is 16.2. The van der Waals surface area contributed by atoms with Crippen LogP contribution in [-0.2, 0) is 83.0 Å². The summed E-state index contributed by atoms with van der Waals surface area (Å²) in [7, 11) is 0. The van der Waals surface area contributed by atoms with Gasteiger partial charge in [0.1, 0.15) is 120 Å². The summed E-state index contributed by atoms with van der Waals surface area (Å²) in [4.78, 5) is 108. The number of fused-ring (bicyclic) bond motifs is 8. The fraction of sp³-hybridized carbons (Fsp3) is 0.571. The average Bonchev–Trinajstić information content (AvgIpc) is 0.761. The van der Waals surface area contributed by atoms with Crippen LogP contribution in [0, 0.1) is 0 Å². The third kappa shape index (κ3) is 29.0. The van der Waals surface area contributed by atoms with Crippen LogP contribution in [0.2, 0.25) is 0 Å². The SMILES string of the molecule is CCCOc1c2cc(NC(=O)CNC(=S)N[C@@H]3O[C@H](CO)[C@@H](O)[C@H](O)[C@H]3NC(C)=O)cc1Cc1cc(NC(=O)CNC(=S)N[C@@H]3O[C@H](CO)[C@@H](O)[C@H](O)[C@H]3NC(C)=O)cc(c1OCCC)Cc1cc(NC(=O)CNC(=S)N[C@@H]3O[C@H](CO)[C@@H](O)[C@H](O)[C@H]3NC(C)=O)cc(c1OCCC)Cc1cc(NC(=O)CNC(=S)N[C@@H]3O[C@H](CO)[C@@H](O)[C@H](O)[C@H]3NC(C)=O)cc(c1OCCC)C2. The highest BCUT2D eigenvalue weighted by atomic mass is 32.1. The van der Waals surface area contributed by atoms with Crippen molar-refractivity contribution in [2.75, 3.05) is 100 Å². The lowest BCUT2D eigenvalue weighted by Crippen LogP contribution is -2.68. The number of aliphatic hydroxyl groups excluding tert-OH is 12. The molecule has 4 aliphatic heterocycles. The van der Waals surface area contributed by atoms with Crippen LogP contribution in [0.3, 0.4) is 0 Å². The molecule has 44 nitrogen and oxygen atoms in total. The molecule has 0 aromatic heterocycles. The zero-order chi connectivity index (χ0) is 96.5. The highest BCUT2D eigenvalue weighted by Crippen LogP contribution is 2.44. The summed E-state index contributed by atoms with van der Waals surface area (Å²) in [5.74, 6) is -3.98. The van der Waals surface area contributed by atoms with Crippen molar-refractivity contribution in [1.82, 2.24) is 63.8 Å². The number of thiocarbonyl (C=S) groups is 4. The quantitative estimate of drug-likeness (QED) is 0.0167. The minimum atomic E-state index is -1.65. The Hall–Kier alpha value is -10.0. The third-order valence-corrected chi connectivity index (χ3v) is 22.4. The normalized spacial score (nSPS) is 25.4. The summed E-state index contributed by atoms with van der Waals surface area (Å²) in [6.07, 6.45) is -22.4. The van der Waals surface area contributed by atoms with Gasteiger partial charge in [-0.2, -0.15) is 0 Å². The Morgan fingerprint density at radius 1 is 0.303 bits per heavy atom. The molecule has 0 radical (unpaired) electrons. The van der Waals surface area contributed by atoms with E-state index < -0.39 is 222 Å². The van der Waals surface area contributed by atoms with Crippen LogP contribution in [-0.4, -0.2) is 330 Å². The molecule has 132 heavy (non-hydrogen) atoms. The Morgan fingerprint density at radius 2 is 0.477 bits per heavy atom. The van der Waals surface area contributed by atoms with Crippen molar-refractivity contribution in [2.45, 2.75) is 229 Å². The first-order chi connectivity index (χ1) is 62.9. The first kappa shape index (κ1) is 106. The van der Waals surface area contributed by atoms with Crippen LogP contribution in [0.1, 0.15) is 126 Å². The van der Waals surface area contributed by atoms with Crippen molar-refractivity contribution in [3.63, 3.8) is 0 Å². The number of hydrogen-bond acceptors (Lipinski definition) is 32. The van der Waals surface area contributed by atoms with Crippen LogP contribution < -0.4 is 104 Å². The molecule has 0 saturated carbocycles. The lowest BCUT2D eigenvalue weighted by Gasteiger charge is -2.42. The second-order valence-corrected chi connectivity index (χ2v) is 33.7. The van der Waals surface area contributed by atoms with Crippen LogP contribution in [0.5, 0.6) is 23.0 Å². The number of anilines is 4. The zero-order valence-electron chi connectivity index (χ0n) is 73.8. The Bertz CT molecular complexity index is 4080. The summed E-state index contributed by atoms with van der Waals surface area (Å²) < 4.78 is 50.9. The molecule has 728 valence electrons. The van der Waals surface area contributed by atoms with Crippen molar-refractivity contribution in [3.05, 3.63) is 93.0 Å². The lowest BCUT2D eigenvalue weighted by molar-refractivity contribution is -0.198. The largest absolute Gasteiger partial charge is 0.493 e. The van der Waals surface area contributed by atoms with Crippen LogP contribution >= 0.6 is 48.9 Å². The van der Waals surface area contributed by atoms with Gasteiger partial charge in [-0.1, -0.05) is 27.7 Å². The van der Waals surface area contributed by atoms with E-state index in [1.54, 1.807) is 48.5 Å². The van der Waals surface area contributed by atoms with Crippen molar-refractivity contribution in [2.24, 2.45) is 0 Å². The van der Waals surface area contributed by atoms with Gasteiger partial charge in [-0.15, -0.1) is 0 Å². The first-order valence-electron chi connectivity index (χ1n) is 43.0. The van der Waals surface area contributed by atoms with Gasteiger partial charge in [-0.05, 0) is 123 Å². The lowest BCUT2D eigenvalue weighted by atomic mass is 9.90.